The van der Waals surface area contributed by atoms with E-state index >= 15 is 0 Å². The molecule has 5 heteroatoms. The van der Waals surface area contributed by atoms with Gasteiger partial charge in [-0.25, -0.2) is 0 Å². The number of hydrogen-bond donors (Lipinski definition) is 1. The van der Waals surface area contributed by atoms with Gasteiger partial charge >= 0.3 is 0 Å². The Hall–Kier alpha value is -1.30. The van der Waals surface area contributed by atoms with E-state index in [0.29, 0.717) is 13.2 Å². The zero-order valence-corrected chi connectivity index (χ0v) is 12.8. The number of aliphatic hydroxyl groups excluding tert-OH is 1. The van der Waals surface area contributed by atoms with Crippen molar-refractivity contribution in [3.8, 4) is 11.5 Å². The molecule has 1 aliphatic heterocycles. The third kappa shape index (κ3) is 5.19. The fraction of sp³-hybridized carbons (Fsp3) is 0.625. The minimum Gasteiger partial charge on any atom is -0.494 e. The SMILES string of the molecule is CCOc1ccc(OCCN2CC(C)OC(CO)C2)cc1. The van der Waals surface area contributed by atoms with Gasteiger partial charge in [0, 0.05) is 19.6 Å². The van der Waals surface area contributed by atoms with Crippen molar-refractivity contribution in [3.05, 3.63) is 24.3 Å². The number of morpholine rings is 1. The second-order valence-corrected chi connectivity index (χ2v) is 5.26. The average Bonchev–Trinajstić information content (AvgIpc) is 2.49. The molecule has 1 aliphatic rings. The molecule has 118 valence electrons. The summed E-state index contributed by atoms with van der Waals surface area (Å²) in [5.41, 5.74) is 0. The molecule has 0 bridgehead atoms. The highest BCUT2D eigenvalue weighted by Crippen LogP contribution is 2.17. The summed E-state index contributed by atoms with van der Waals surface area (Å²) in [6.07, 6.45) is 0.0700. The van der Waals surface area contributed by atoms with Crippen LogP contribution < -0.4 is 9.47 Å². The van der Waals surface area contributed by atoms with Crippen molar-refractivity contribution in [1.82, 2.24) is 4.90 Å². The minimum atomic E-state index is -0.0840. The van der Waals surface area contributed by atoms with Crippen molar-refractivity contribution in [3.63, 3.8) is 0 Å². The van der Waals surface area contributed by atoms with Gasteiger partial charge in [0.15, 0.2) is 0 Å². The summed E-state index contributed by atoms with van der Waals surface area (Å²) < 4.78 is 16.8. The Morgan fingerprint density at radius 2 is 1.86 bits per heavy atom. The maximum Gasteiger partial charge on any atom is 0.119 e. The fourth-order valence-corrected chi connectivity index (χ4v) is 2.52. The van der Waals surface area contributed by atoms with E-state index in [1.807, 2.05) is 38.1 Å². The number of nitrogens with zero attached hydrogens (tertiary/aromatic N) is 1. The topological polar surface area (TPSA) is 51.2 Å². The molecule has 1 N–H and O–H groups in total. The van der Waals surface area contributed by atoms with Crippen LogP contribution in [0.4, 0.5) is 0 Å². The summed E-state index contributed by atoms with van der Waals surface area (Å²) in [5, 5.41) is 9.20. The lowest BCUT2D eigenvalue weighted by molar-refractivity contribution is -0.0965. The molecule has 0 aromatic heterocycles. The van der Waals surface area contributed by atoms with Crippen molar-refractivity contribution in [2.45, 2.75) is 26.1 Å². The number of benzene rings is 1. The molecule has 1 aromatic rings. The zero-order chi connectivity index (χ0) is 15.1. The molecular formula is C16H25NO4. The third-order valence-corrected chi connectivity index (χ3v) is 3.42. The normalized spacial score (nSPS) is 23.0. The van der Waals surface area contributed by atoms with Gasteiger partial charge in [0.2, 0.25) is 0 Å². The Bertz CT molecular complexity index is 409. The van der Waals surface area contributed by atoms with Crippen LogP contribution in [-0.2, 0) is 4.74 Å². The Morgan fingerprint density at radius 1 is 1.19 bits per heavy atom. The summed E-state index contributed by atoms with van der Waals surface area (Å²) in [6.45, 7) is 7.82. The lowest BCUT2D eigenvalue weighted by Crippen LogP contribution is -2.49. The molecule has 2 atom stereocenters. The zero-order valence-electron chi connectivity index (χ0n) is 12.8. The smallest absolute Gasteiger partial charge is 0.119 e. The lowest BCUT2D eigenvalue weighted by Gasteiger charge is -2.35. The van der Waals surface area contributed by atoms with Gasteiger partial charge in [-0.2, -0.15) is 0 Å². The standard InChI is InChI=1S/C16H25NO4/c1-3-19-14-4-6-15(7-5-14)20-9-8-17-10-13(2)21-16(11-17)12-18/h4-7,13,16,18H,3,8-12H2,1-2H3. The molecule has 0 amide bonds. The maximum atomic E-state index is 9.20. The second kappa shape index (κ2) is 8.22. The van der Waals surface area contributed by atoms with Gasteiger partial charge in [-0.3, -0.25) is 4.90 Å². The van der Waals surface area contributed by atoms with Crippen LogP contribution in [0.15, 0.2) is 24.3 Å². The van der Waals surface area contributed by atoms with Crippen molar-refractivity contribution in [2.24, 2.45) is 0 Å². The van der Waals surface area contributed by atoms with E-state index < -0.39 is 0 Å². The van der Waals surface area contributed by atoms with Crippen molar-refractivity contribution in [1.29, 1.82) is 0 Å². The molecule has 0 radical (unpaired) electrons. The summed E-state index contributed by atoms with van der Waals surface area (Å²) in [6, 6.07) is 7.67. The van der Waals surface area contributed by atoms with Crippen LogP contribution in [0.25, 0.3) is 0 Å². The number of aliphatic hydroxyl groups is 1. The number of hydrogen-bond acceptors (Lipinski definition) is 5. The molecule has 1 saturated heterocycles. The van der Waals surface area contributed by atoms with Crippen LogP contribution in [0, 0.1) is 0 Å². The monoisotopic (exact) mass is 295 g/mol. The van der Waals surface area contributed by atoms with Gasteiger partial charge in [-0.05, 0) is 38.1 Å². The Morgan fingerprint density at radius 3 is 2.48 bits per heavy atom. The highest BCUT2D eigenvalue weighted by atomic mass is 16.5. The molecule has 2 rings (SSSR count). The first kappa shape index (κ1) is 16.1. The largest absolute Gasteiger partial charge is 0.494 e. The van der Waals surface area contributed by atoms with Gasteiger partial charge in [0.25, 0.3) is 0 Å². The van der Waals surface area contributed by atoms with E-state index in [2.05, 4.69) is 4.90 Å². The van der Waals surface area contributed by atoms with E-state index in [1.54, 1.807) is 0 Å². The summed E-state index contributed by atoms with van der Waals surface area (Å²) >= 11 is 0. The number of rotatable bonds is 7. The van der Waals surface area contributed by atoms with E-state index in [1.165, 1.54) is 0 Å². The second-order valence-electron chi connectivity index (χ2n) is 5.26. The van der Waals surface area contributed by atoms with Gasteiger partial charge in [0.05, 0.1) is 25.4 Å². The van der Waals surface area contributed by atoms with Crippen LogP contribution in [-0.4, -0.2) is 61.7 Å². The van der Waals surface area contributed by atoms with Gasteiger partial charge in [-0.1, -0.05) is 0 Å². The summed E-state index contributed by atoms with van der Waals surface area (Å²) in [7, 11) is 0. The van der Waals surface area contributed by atoms with Crippen molar-refractivity contribution in [2.75, 3.05) is 39.5 Å². The molecule has 21 heavy (non-hydrogen) atoms. The molecule has 2 unspecified atom stereocenters. The Kier molecular flexibility index (Phi) is 6.29. The fourth-order valence-electron chi connectivity index (χ4n) is 2.52. The highest BCUT2D eigenvalue weighted by molar-refractivity contribution is 5.31. The molecule has 1 aromatic carbocycles. The third-order valence-electron chi connectivity index (χ3n) is 3.42. The molecule has 5 nitrogen and oxygen atoms in total. The predicted octanol–water partition coefficient (Wildman–Crippen LogP) is 1.55. The van der Waals surface area contributed by atoms with Crippen molar-refractivity contribution >= 4 is 0 Å². The molecule has 1 heterocycles. The van der Waals surface area contributed by atoms with Gasteiger partial charge < -0.3 is 19.3 Å². The minimum absolute atomic E-state index is 0.0700. The van der Waals surface area contributed by atoms with Crippen LogP contribution in [0.3, 0.4) is 0 Å². The molecule has 0 saturated carbocycles. The van der Waals surface area contributed by atoms with Crippen LogP contribution in [0.5, 0.6) is 11.5 Å². The average molecular weight is 295 g/mol. The van der Waals surface area contributed by atoms with E-state index in [9.17, 15) is 5.11 Å². The van der Waals surface area contributed by atoms with E-state index in [-0.39, 0.29) is 18.8 Å². The molecule has 1 fully saturated rings. The van der Waals surface area contributed by atoms with E-state index in [0.717, 1.165) is 31.1 Å². The quantitative estimate of drug-likeness (QED) is 0.827. The molecule has 0 aliphatic carbocycles. The Labute approximate surface area is 126 Å². The molecular weight excluding hydrogens is 270 g/mol. The summed E-state index contributed by atoms with van der Waals surface area (Å²) in [5.74, 6) is 1.70. The predicted molar refractivity (Wildman–Crippen MR) is 81.0 cm³/mol. The molecule has 0 spiro atoms. The first-order chi connectivity index (χ1) is 10.2. The lowest BCUT2D eigenvalue weighted by atomic mass is 10.2. The van der Waals surface area contributed by atoms with Gasteiger partial charge in [0.1, 0.15) is 18.1 Å². The first-order valence-corrected chi connectivity index (χ1v) is 7.55. The van der Waals surface area contributed by atoms with Crippen LogP contribution in [0.2, 0.25) is 0 Å². The summed E-state index contributed by atoms with van der Waals surface area (Å²) in [4.78, 5) is 2.27. The highest BCUT2D eigenvalue weighted by Gasteiger charge is 2.24. The maximum absolute atomic E-state index is 9.20. The van der Waals surface area contributed by atoms with E-state index in [4.69, 9.17) is 14.2 Å². The Balaban J connectivity index is 1.73. The van der Waals surface area contributed by atoms with Crippen LogP contribution in [0.1, 0.15) is 13.8 Å². The first-order valence-electron chi connectivity index (χ1n) is 7.55. The van der Waals surface area contributed by atoms with Crippen LogP contribution >= 0.6 is 0 Å². The van der Waals surface area contributed by atoms with Crippen molar-refractivity contribution < 1.29 is 19.3 Å². The van der Waals surface area contributed by atoms with Gasteiger partial charge in [-0.15, -0.1) is 0 Å². The number of ether oxygens (including phenoxy) is 3.